The van der Waals surface area contributed by atoms with Crippen molar-refractivity contribution in [3.05, 3.63) is 64.7 Å². The highest BCUT2D eigenvalue weighted by Crippen LogP contribution is 2.70. The van der Waals surface area contributed by atoms with Crippen molar-refractivity contribution in [2.24, 2.45) is 0 Å². The van der Waals surface area contributed by atoms with E-state index >= 15 is 17.6 Å². The maximum atomic E-state index is 15.5. The van der Waals surface area contributed by atoms with Crippen LogP contribution in [0.5, 0.6) is 5.75 Å². The van der Waals surface area contributed by atoms with E-state index in [9.17, 15) is 4.79 Å². The van der Waals surface area contributed by atoms with Crippen LogP contribution in [0, 0.1) is 23.3 Å². The number of carbonyl (C=O) groups is 1. The van der Waals surface area contributed by atoms with E-state index in [1.54, 1.807) is 30.3 Å². The van der Waals surface area contributed by atoms with Crippen molar-refractivity contribution in [3.63, 3.8) is 0 Å². The average molecular weight is 540 g/mol. The van der Waals surface area contributed by atoms with Crippen LogP contribution in [-0.2, 0) is 6.54 Å². The third-order valence-electron chi connectivity index (χ3n) is 7.31. The quantitative estimate of drug-likeness (QED) is 0.272. The predicted molar refractivity (Wildman–Crippen MR) is 134 cm³/mol. The summed E-state index contributed by atoms with van der Waals surface area (Å²) in [5, 5.41) is 2.34. The summed E-state index contributed by atoms with van der Waals surface area (Å²) in [6.07, 6.45) is 5.51. The first kappa shape index (κ1) is 26.4. The van der Waals surface area contributed by atoms with Gasteiger partial charge in [-0.25, -0.2) is 8.78 Å². The van der Waals surface area contributed by atoms with E-state index in [2.05, 4.69) is 19.3 Å². The van der Waals surface area contributed by atoms with Crippen LogP contribution in [-0.4, -0.2) is 59.2 Å². The third kappa shape index (κ3) is 4.97. The van der Waals surface area contributed by atoms with Gasteiger partial charge in [0.15, 0.2) is 11.6 Å². The fraction of sp³-hybridized carbons (Fsp3) is 0.500. The highest BCUT2D eigenvalue weighted by molar-refractivity contribution is 7.64. The van der Waals surface area contributed by atoms with Gasteiger partial charge < -0.3 is 5.32 Å². The van der Waals surface area contributed by atoms with Crippen molar-refractivity contribution in [2.45, 2.75) is 45.1 Å². The van der Waals surface area contributed by atoms with Crippen LogP contribution in [0.3, 0.4) is 0 Å². The van der Waals surface area contributed by atoms with Crippen LogP contribution in [0.25, 0.3) is 0 Å². The van der Waals surface area contributed by atoms with Gasteiger partial charge in [-0.15, -0.1) is 14.0 Å². The Balaban J connectivity index is 1.51. The average Bonchev–Trinajstić information content (AvgIpc) is 3.71. The molecule has 3 fully saturated rings. The van der Waals surface area contributed by atoms with Gasteiger partial charge in [-0.05, 0) is 44.1 Å². The van der Waals surface area contributed by atoms with Gasteiger partial charge in [0.25, 0.3) is 11.7 Å². The summed E-state index contributed by atoms with van der Waals surface area (Å²) in [5.41, 5.74) is -0.611. The molecular formula is C26H32F4N4O2P+. The van der Waals surface area contributed by atoms with Crippen LogP contribution < -0.4 is 9.84 Å². The minimum absolute atomic E-state index is 0.0481. The van der Waals surface area contributed by atoms with E-state index in [4.69, 9.17) is 4.52 Å². The molecule has 0 radical (unpaired) electrons. The van der Waals surface area contributed by atoms with Crippen LogP contribution in [0.4, 0.5) is 17.6 Å². The molecule has 200 valence electrons. The van der Waals surface area contributed by atoms with Crippen LogP contribution in [0.2, 0.25) is 0 Å². The Bertz CT molecular complexity index is 1050. The van der Waals surface area contributed by atoms with E-state index in [0.717, 1.165) is 38.5 Å². The molecule has 2 aromatic carbocycles. The maximum Gasteiger partial charge on any atom is 0.417 e. The molecule has 0 atom stereocenters. The number of nitrogens with one attached hydrogen (secondary N) is 1. The van der Waals surface area contributed by atoms with Gasteiger partial charge in [-0.1, -0.05) is 30.3 Å². The van der Waals surface area contributed by atoms with Gasteiger partial charge in [0.05, 0.1) is 0 Å². The number of rotatable bonds is 8. The number of hydrogen-bond donors (Lipinski definition) is 1. The van der Waals surface area contributed by atoms with Gasteiger partial charge in [0, 0.05) is 45.8 Å². The Labute approximate surface area is 215 Å². The first-order chi connectivity index (χ1) is 17.9. The molecule has 1 amide bonds. The summed E-state index contributed by atoms with van der Waals surface area (Å²) in [7, 11) is -2.96. The zero-order valence-electron chi connectivity index (χ0n) is 20.7. The number of amides is 1. The van der Waals surface area contributed by atoms with E-state index in [0.29, 0.717) is 44.8 Å². The minimum atomic E-state index is -2.96. The number of nitrogens with zero attached hydrogens (tertiary/aromatic N) is 3. The van der Waals surface area contributed by atoms with E-state index in [1.165, 1.54) is 0 Å². The predicted octanol–water partition coefficient (Wildman–Crippen LogP) is 5.52. The van der Waals surface area contributed by atoms with Gasteiger partial charge in [-0.2, -0.15) is 8.78 Å². The second-order valence-electron chi connectivity index (χ2n) is 9.72. The topological polar surface area (TPSA) is 48.1 Å². The minimum Gasteiger partial charge on any atom is -0.348 e. The van der Waals surface area contributed by atoms with Crippen LogP contribution in [0.15, 0.2) is 30.3 Å². The van der Waals surface area contributed by atoms with Crippen molar-refractivity contribution in [2.75, 3.05) is 39.3 Å². The zero-order chi connectivity index (χ0) is 26.0. The SMILES string of the molecule is O=C(NCc1ccccc1)c1c(F)c(F)c(O[P+](N2CCCC2)(N2CCCC2)N2CCCC2)c(F)c1F. The Morgan fingerprint density at radius 1 is 0.730 bits per heavy atom. The van der Waals surface area contributed by atoms with E-state index in [-0.39, 0.29) is 6.54 Å². The van der Waals surface area contributed by atoms with E-state index < -0.39 is 48.4 Å². The molecule has 1 N–H and O–H groups in total. The standard InChI is InChI=1S/C26H31F4N4O2P/c27-21-20(26(35)31-18-19-10-2-1-3-11-19)22(28)24(30)25(23(21)29)36-37(32-12-4-5-13-32,33-14-6-7-15-33)34-16-8-9-17-34/h1-3,10-11H,4-9,12-18H2/p+1. The van der Waals surface area contributed by atoms with Gasteiger partial charge in [0.1, 0.15) is 5.56 Å². The highest BCUT2D eigenvalue weighted by Gasteiger charge is 2.63. The molecule has 0 spiro atoms. The molecule has 0 aliphatic carbocycles. The summed E-state index contributed by atoms with van der Waals surface area (Å²) in [6, 6.07) is 8.69. The molecule has 3 heterocycles. The van der Waals surface area contributed by atoms with Crippen LogP contribution in [0.1, 0.15) is 54.4 Å². The number of carbonyl (C=O) groups excluding carboxylic acids is 1. The molecule has 3 aliphatic rings. The Hall–Kier alpha value is -2.26. The lowest BCUT2D eigenvalue weighted by molar-refractivity contribution is 0.0939. The molecular weight excluding hydrogens is 507 g/mol. The van der Waals surface area contributed by atoms with Gasteiger partial charge >= 0.3 is 7.94 Å². The fourth-order valence-electron chi connectivity index (χ4n) is 5.47. The molecule has 0 unspecified atom stereocenters. The fourth-order valence-corrected chi connectivity index (χ4v) is 9.71. The summed E-state index contributed by atoms with van der Waals surface area (Å²) < 4.78 is 74.1. The Morgan fingerprint density at radius 3 is 1.59 bits per heavy atom. The van der Waals surface area contributed by atoms with Crippen molar-refractivity contribution < 1.29 is 26.9 Å². The molecule has 2 aromatic rings. The number of halogens is 4. The summed E-state index contributed by atoms with van der Waals surface area (Å²) in [6.45, 7) is 4.09. The lowest BCUT2D eigenvalue weighted by Crippen LogP contribution is -2.45. The Kier molecular flexibility index (Phi) is 8.00. The first-order valence-corrected chi connectivity index (χ1v) is 14.5. The molecule has 5 rings (SSSR count). The van der Waals surface area contributed by atoms with Crippen molar-refractivity contribution in [3.8, 4) is 5.75 Å². The summed E-state index contributed by atoms with van der Waals surface area (Å²) in [4.78, 5) is 12.6. The molecule has 11 heteroatoms. The molecule has 0 bridgehead atoms. The summed E-state index contributed by atoms with van der Waals surface area (Å²) in [5.74, 6) is -9.16. The van der Waals surface area contributed by atoms with Crippen LogP contribution >= 0.6 is 7.94 Å². The zero-order valence-corrected chi connectivity index (χ0v) is 21.6. The monoisotopic (exact) mass is 539 g/mol. The molecule has 6 nitrogen and oxygen atoms in total. The maximum absolute atomic E-state index is 15.5. The first-order valence-electron chi connectivity index (χ1n) is 13.0. The molecule has 37 heavy (non-hydrogen) atoms. The van der Waals surface area contributed by atoms with E-state index in [1.807, 2.05) is 0 Å². The lowest BCUT2D eigenvalue weighted by atomic mass is 10.1. The molecule has 0 saturated carbocycles. The third-order valence-corrected chi connectivity index (χ3v) is 11.2. The smallest absolute Gasteiger partial charge is 0.348 e. The van der Waals surface area contributed by atoms with Crippen molar-refractivity contribution in [1.82, 2.24) is 19.3 Å². The van der Waals surface area contributed by atoms with Crippen molar-refractivity contribution in [1.29, 1.82) is 0 Å². The lowest BCUT2D eigenvalue weighted by Gasteiger charge is -2.41. The van der Waals surface area contributed by atoms with Gasteiger partial charge in [-0.3, -0.25) is 9.32 Å². The Morgan fingerprint density at radius 2 is 1.16 bits per heavy atom. The largest absolute Gasteiger partial charge is 0.417 e. The summed E-state index contributed by atoms with van der Waals surface area (Å²) >= 11 is 0. The molecule has 3 aliphatic heterocycles. The van der Waals surface area contributed by atoms with Crippen molar-refractivity contribution >= 4 is 13.8 Å². The number of hydrogen-bond acceptors (Lipinski definition) is 5. The number of benzene rings is 2. The second-order valence-corrected chi connectivity index (χ2v) is 12.6. The highest BCUT2D eigenvalue weighted by atomic mass is 31.2. The second kappa shape index (κ2) is 11.2. The van der Waals surface area contributed by atoms with Gasteiger partial charge in [0.2, 0.25) is 11.6 Å². The molecule has 0 aromatic heterocycles. The normalized spacial score (nSPS) is 19.6. The molecule has 3 saturated heterocycles.